The Morgan fingerprint density at radius 2 is 1.84 bits per heavy atom. The average Bonchev–Trinajstić information content (AvgIpc) is 2.41. The molecule has 0 saturated heterocycles. The Morgan fingerprint density at radius 3 is 2.47 bits per heavy atom. The Labute approximate surface area is 128 Å². The second-order valence-corrected chi connectivity index (χ2v) is 6.02. The standard InChI is InChI=1S/C16H17BrClN/c1-11-3-8-14(18)10-15(11)16(19-2)9-12-4-6-13(17)7-5-12/h3-8,10,16,19H,9H2,1-2H3. The molecule has 2 aromatic rings. The van der Waals surface area contributed by atoms with E-state index in [2.05, 4.69) is 64.6 Å². The number of hydrogen-bond acceptors (Lipinski definition) is 1. The molecule has 0 aromatic heterocycles. The summed E-state index contributed by atoms with van der Waals surface area (Å²) in [7, 11) is 1.99. The molecule has 2 rings (SSSR count). The first-order valence-electron chi connectivity index (χ1n) is 6.28. The molecule has 1 N–H and O–H groups in total. The second-order valence-electron chi connectivity index (χ2n) is 4.67. The van der Waals surface area contributed by atoms with Crippen molar-refractivity contribution in [2.75, 3.05) is 7.05 Å². The zero-order chi connectivity index (χ0) is 13.8. The van der Waals surface area contributed by atoms with Crippen molar-refractivity contribution in [2.45, 2.75) is 19.4 Å². The molecule has 0 heterocycles. The molecular weight excluding hydrogens is 322 g/mol. The molecule has 0 aliphatic heterocycles. The SMILES string of the molecule is CNC(Cc1ccc(Br)cc1)c1cc(Cl)ccc1C. The third-order valence-corrected chi connectivity index (χ3v) is 4.08. The summed E-state index contributed by atoms with van der Waals surface area (Å²) in [5.74, 6) is 0. The fourth-order valence-corrected chi connectivity index (χ4v) is 2.66. The van der Waals surface area contributed by atoms with Gasteiger partial charge in [0.25, 0.3) is 0 Å². The number of likely N-dealkylation sites (N-methyl/N-ethyl adjacent to an activating group) is 1. The van der Waals surface area contributed by atoms with Crippen molar-refractivity contribution >= 4 is 27.5 Å². The van der Waals surface area contributed by atoms with E-state index >= 15 is 0 Å². The lowest BCUT2D eigenvalue weighted by atomic mass is 9.95. The smallest absolute Gasteiger partial charge is 0.0409 e. The van der Waals surface area contributed by atoms with E-state index in [1.807, 2.05) is 13.1 Å². The number of nitrogens with one attached hydrogen (secondary N) is 1. The largest absolute Gasteiger partial charge is 0.313 e. The summed E-state index contributed by atoms with van der Waals surface area (Å²) in [6, 6.07) is 14.8. The van der Waals surface area contributed by atoms with Crippen LogP contribution in [0.5, 0.6) is 0 Å². The zero-order valence-corrected chi connectivity index (χ0v) is 13.4. The maximum absolute atomic E-state index is 6.11. The third-order valence-electron chi connectivity index (χ3n) is 3.32. The van der Waals surface area contributed by atoms with E-state index in [1.54, 1.807) is 0 Å². The van der Waals surface area contributed by atoms with Gasteiger partial charge in [0, 0.05) is 15.5 Å². The Kier molecular flexibility index (Phi) is 5.03. The second kappa shape index (κ2) is 6.56. The molecule has 0 fully saturated rings. The Balaban J connectivity index is 2.24. The minimum absolute atomic E-state index is 0.278. The van der Waals surface area contributed by atoms with Gasteiger partial charge in [0.2, 0.25) is 0 Å². The van der Waals surface area contributed by atoms with Crippen molar-refractivity contribution in [1.29, 1.82) is 0 Å². The molecule has 0 radical (unpaired) electrons. The van der Waals surface area contributed by atoms with Crippen molar-refractivity contribution in [1.82, 2.24) is 5.32 Å². The molecular formula is C16H17BrClN. The van der Waals surface area contributed by atoms with Gasteiger partial charge >= 0.3 is 0 Å². The van der Waals surface area contributed by atoms with Gasteiger partial charge in [0.1, 0.15) is 0 Å². The van der Waals surface area contributed by atoms with E-state index in [9.17, 15) is 0 Å². The van der Waals surface area contributed by atoms with E-state index in [0.29, 0.717) is 0 Å². The van der Waals surface area contributed by atoms with Gasteiger partial charge in [-0.15, -0.1) is 0 Å². The lowest BCUT2D eigenvalue weighted by molar-refractivity contribution is 0.589. The summed E-state index contributed by atoms with van der Waals surface area (Å²) in [4.78, 5) is 0. The molecule has 100 valence electrons. The Bertz CT molecular complexity index is 551. The van der Waals surface area contributed by atoms with Gasteiger partial charge < -0.3 is 5.32 Å². The maximum Gasteiger partial charge on any atom is 0.0409 e. The zero-order valence-electron chi connectivity index (χ0n) is 11.1. The highest BCUT2D eigenvalue weighted by atomic mass is 79.9. The first-order valence-corrected chi connectivity index (χ1v) is 7.45. The summed E-state index contributed by atoms with van der Waals surface area (Å²) in [6.45, 7) is 2.12. The summed E-state index contributed by atoms with van der Waals surface area (Å²) in [5.41, 5.74) is 3.83. The molecule has 2 aromatic carbocycles. The van der Waals surface area contributed by atoms with E-state index in [1.165, 1.54) is 16.7 Å². The predicted molar refractivity (Wildman–Crippen MR) is 85.8 cm³/mol. The first-order chi connectivity index (χ1) is 9.10. The molecule has 0 aliphatic carbocycles. The summed E-state index contributed by atoms with van der Waals surface area (Å²) in [6.07, 6.45) is 0.949. The summed E-state index contributed by atoms with van der Waals surface area (Å²) < 4.78 is 1.11. The topological polar surface area (TPSA) is 12.0 Å². The van der Waals surface area contributed by atoms with E-state index < -0.39 is 0 Å². The van der Waals surface area contributed by atoms with Crippen LogP contribution < -0.4 is 5.32 Å². The third kappa shape index (κ3) is 3.82. The molecule has 3 heteroatoms. The minimum Gasteiger partial charge on any atom is -0.313 e. The van der Waals surface area contributed by atoms with Gasteiger partial charge in [-0.2, -0.15) is 0 Å². The molecule has 0 aliphatic rings. The monoisotopic (exact) mass is 337 g/mol. The number of rotatable bonds is 4. The number of halogens is 2. The first kappa shape index (κ1) is 14.6. The lowest BCUT2D eigenvalue weighted by Gasteiger charge is -2.19. The van der Waals surface area contributed by atoms with Gasteiger partial charge in [-0.1, -0.05) is 45.7 Å². The van der Waals surface area contributed by atoms with Crippen LogP contribution in [-0.4, -0.2) is 7.05 Å². The molecule has 1 unspecified atom stereocenters. The van der Waals surface area contributed by atoms with Crippen molar-refractivity contribution in [2.24, 2.45) is 0 Å². The van der Waals surface area contributed by atoms with Crippen LogP contribution >= 0.6 is 27.5 Å². The minimum atomic E-state index is 0.278. The maximum atomic E-state index is 6.11. The normalized spacial score (nSPS) is 12.4. The lowest BCUT2D eigenvalue weighted by Crippen LogP contribution is -2.19. The molecule has 0 amide bonds. The van der Waals surface area contributed by atoms with E-state index in [-0.39, 0.29) is 6.04 Å². The van der Waals surface area contributed by atoms with Crippen molar-refractivity contribution in [3.05, 3.63) is 68.7 Å². The number of hydrogen-bond donors (Lipinski definition) is 1. The van der Waals surface area contributed by atoms with Gasteiger partial charge in [-0.25, -0.2) is 0 Å². The van der Waals surface area contributed by atoms with Crippen molar-refractivity contribution in [3.63, 3.8) is 0 Å². The summed E-state index contributed by atoms with van der Waals surface area (Å²) >= 11 is 9.57. The van der Waals surface area contributed by atoms with Crippen LogP contribution in [0.3, 0.4) is 0 Å². The van der Waals surface area contributed by atoms with Crippen LogP contribution in [-0.2, 0) is 6.42 Å². The Hall–Kier alpha value is -0.830. The van der Waals surface area contributed by atoms with E-state index in [4.69, 9.17) is 11.6 Å². The van der Waals surface area contributed by atoms with Gasteiger partial charge in [0.05, 0.1) is 0 Å². The van der Waals surface area contributed by atoms with Crippen LogP contribution in [0.4, 0.5) is 0 Å². The molecule has 1 nitrogen and oxygen atoms in total. The average molecular weight is 339 g/mol. The number of benzene rings is 2. The number of aryl methyl sites for hydroxylation is 1. The van der Waals surface area contributed by atoms with Crippen LogP contribution in [0.15, 0.2) is 46.9 Å². The molecule has 1 atom stereocenters. The van der Waals surface area contributed by atoms with Crippen LogP contribution in [0.1, 0.15) is 22.7 Å². The van der Waals surface area contributed by atoms with Crippen molar-refractivity contribution < 1.29 is 0 Å². The highest BCUT2D eigenvalue weighted by Gasteiger charge is 2.13. The van der Waals surface area contributed by atoms with Gasteiger partial charge in [-0.3, -0.25) is 0 Å². The molecule has 0 saturated carbocycles. The fourth-order valence-electron chi connectivity index (χ4n) is 2.21. The highest BCUT2D eigenvalue weighted by molar-refractivity contribution is 9.10. The van der Waals surface area contributed by atoms with Gasteiger partial charge in [-0.05, 0) is 61.3 Å². The van der Waals surface area contributed by atoms with Crippen molar-refractivity contribution in [3.8, 4) is 0 Å². The van der Waals surface area contributed by atoms with Crippen LogP contribution in [0.25, 0.3) is 0 Å². The van der Waals surface area contributed by atoms with E-state index in [0.717, 1.165) is 15.9 Å². The molecule has 0 bridgehead atoms. The molecule has 0 spiro atoms. The summed E-state index contributed by atoms with van der Waals surface area (Å²) in [5, 5.41) is 4.17. The molecule has 19 heavy (non-hydrogen) atoms. The van der Waals surface area contributed by atoms with Crippen LogP contribution in [0.2, 0.25) is 5.02 Å². The predicted octanol–water partition coefficient (Wildman–Crippen LogP) is 4.91. The quantitative estimate of drug-likeness (QED) is 0.835. The Morgan fingerprint density at radius 1 is 1.16 bits per heavy atom. The highest BCUT2D eigenvalue weighted by Crippen LogP contribution is 2.25. The van der Waals surface area contributed by atoms with Gasteiger partial charge in [0.15, 0.2) is 0 Å². The van der Waals surface area contributed by atoms with Crippen LogP contribution in [0, 0.1) is 6.92 Å². The fraction of sp³-hybridized carbons (Fsp3) is 0.250.